The van der Waals surface area contributed by atoms with E-state index < -0.39 is 17.3 Å². The van der Waals surface area contributed by atoms with Gasteiger partial charge in [-0.15, -0.1) is 11.3 Å². The lowest BCUT2D eigenvalue weighted by molar-refractivity contribution is -0.137. The molecule has 5 nitrogen and oxygen atoms in total. The number of carbonyl (C=O) groups is 1. The molecule has 0 saturated heterocycles. The first-order valence-corrected chi connectivity index (χ1v) is 13.3. The molecule has 2 N–H and O–H groups in total. The highest BCUT2D eigenvalue weighted by Crippen LogP contribution is 2.40. The number of nitrogens with one attached hydrogen (secondary N) is 1. The van der Waals surface area contributed by atoms with Gasteiger partial charge >= 0.3 is 6.18 Å². The normalized spacial score (nSPS) is 29.3. The summed E-state index contributed by atoms with van der Waals surface area (Å²) in [6, 6.07) is 4.47. The zero-order chi connectivity index (χ0) is 24.8. The van der Waals surface area contributed by atoms with Crippen LogP contribution in [0.25, 0.3) is 0 Å². The molecule has 1 aromatic carbocycles. The number of benzene rings is 1. The molecule has 2 atom stereocenters. The first-order valence-electron chi connectivity index (χ1n) is 12.5. The number of hydrogen-bond acceptors (Lipinski definition) is 5. The Morgan fingerprint density at radius 1 is 1.17 bits per heavy atom. The molecule has 1 aromatic heterocycles. The van der Waals surface area contributed by atoms with E-state index >= 15 is 0 Å². The molecule has 0 bridgehead atoms. The van der Waals surface area contributed by atoms with Gasteiger partial charge in [0.1, 0.15) is 5.60 Å². The summed E-state index contributed by atoms with van der Waals surface area (Å²) >= 11 is 1.56. The van der Waals surface area contributed by atoms with Crippen molar-refractivity contribution in [3.8, 4) is 0 Å². The second kappa shape index (κ2) is 9.48. The van der Waals surface area contributed by atoms with Gasteiger partial charge in [-0.25, -0.2) is 4.98 Å². The fourth-order valence-electron chi connectivity index (χ4n) is 5.96. The number of amides is 1. The van der Waals surface area contributed by atoms with E-state index in [0.29, 0.717) is 37.4 Å². The predicted octanol–water partition coefficient (Wildman–Crippen LogP) is 4.94. The zero-order valence-corrected chi connectivity index (χ0v) is 20.7. The van der Waals surface area contributed by atoms with Crippen LogP contribution < -0.4 is 5.32 Å². The van der Waals surface area contributed by atoms with E-state index in [1.54, 1.807) is 28.5 Å². The van der Waals surface area contributed by atoms with E-state index in [9.17, 15) is 23.1 Å². The maximum atomic E-state index is 13.2. The molecule has 2 aliphatic carbocycles. The van der Waals surface area contributed by atoms with Crippen LogP contribution in [-0.4, -0.2) is 39.5 Å². The van der Waals surface area contributed by atoms with Crippen molar-refractivity contribution in [2.45, 2.75) is 88.7 Å². The number of carbonyl (C=O) groups excluding carboxylic acids is 1. The standard InChI is InChI=1S/C26H32F3N3O2S/c1-16-30-14-23(35-16)25(34)9-6-21(7-10-25)31-22-5-3-18(13-22)24(33)32-11-8-17-2-4-20(26(27,28)29)12-19(17)15-32/h2,4,12,14,18,21-22,31,34H,3,5-11,13,15H2,1H3. The molecule has 35 heavy (non-hydrogen) atoms. The molecule has 0 radical (unpaired) electrons. The average molecular weight is 508 g/mol. The highest BCUT2D eigenvalue weighted by Gasteiger charge is 2.39. The Hall–Kier alpha value is -1.97. The summed E-state index contributed by atoms with van der Waals surface area (Å²) in [5.74, 6) is -0.0171. The number of halogens is 3. The van der Waals surface area contributed by atoms with Crippen LogP contribution in [-0.2, 0) is 29.5 Å². The maximum absolute atomic E-state index is 13.2. The Morgan fingerprint density at radius 2 is 1.94 bits per heavy atom. The van der Waals surface area contributed by atoms with Crippen LogP contribution in [0.2, 0.25) is 0 Å². The molecule has 0 spiro atoms. The van der Waals surface area contributed by atoms with Gasteiger partial charge in [-0.05, 0) is 81.5 Å². The van der Waals surface area contributed by atoms with Gasteiger partial charge in [-0.3, -0.25) is 4.79 Å². The molecule has 190 valence electrons. The van der Waals surface area contributed by atoms with Crippen LogP contribution in [0.5, 0.6) is 0 Å². The summed E-state index contributed by atoms with van der Waals surface area (Å²) in [6.07, 6.45) is 3.68. The number of aliphatic hydroxyl groups is 1. The van der Waals surface area contributed by atoms with Crippen molar-refractivity contribution in [1.29, 1.82) is 0 Å². The molecule has 2 unspecified atom stereocenters. The van der Waals surface area contributed by atoms with Gasteiger partial charge in [0.2, 0.25) is 5.91 Å². The van der Waals surface area contributed by atoms with Crippen LogP contribution in [0, 0.1) is 12.8 Å². The molecular weight excluding hydrogens is 475 g/mol. The summed E-state index contributed by atoms with van der Waals surface area (Å²) < 4.78 is 39.4. The molecule has 2 heterocycles. The lowest BCUT2D eigenvalue weighted by Gasteiger charge is -2.36. The van der Waals surface area contributed by atoms with Gasteiger partial charge in [0, 0.05) is 37.3 Å². The zero-order valence-electron chi connectivity index (χ0n) is 19.9. The number of fused-ring (bicyclic) bond motifs is 1. The molecule has 2 aromatic rings. The van der Waals surface area contributed by atoms with Crippen molar-refractivity contribution in [2.24, 2.45) is 5.92 Å². The van der Waals surface area contributed by atoms with Crippen molar-refractivity contribution >= 4 is 17.2 Å². The number of alkyl halides is 3. The van der Waals surface area contributed by atoms with Crippen LogP contribution in [0.4, 0.5) is 13.2 Å². The SMILES string of the molecule is Cc1ncc(C2(O)CCC(NC3CCC(C(=O)N4CCc5ccc(C(F)(F)F)cc5C4)C3)CC2)s1. The van der Waals surface area contributed by atoms with Gasteiger partial charge in [0.15, 0.2) is 0 Å². The maximum Gasteiger partial charge on any atom is 0.416 e. The topological polar surface area (TPSA) is 65.5 Å². The summed E-state index contributed by atoms with van der Waals surface area (Å²) in [6.45, 7) is 2.76. The fourth-order valence-corrected chi connectivity index (χ4v) is 6.88. The first-order chi connectivity index (χ1) is 16.6. The number of hydrogen-bond donors (Lipinski definition) is 2. The summed E-state index contributed by atoms with van der Waals surface area (Å²) in [4.78, 5) is 20.2. The largest absolute Gasteiger partial charge is 0.416 e. The molecule has 9 heteroatoms. The lowest BCUT2D eigenvalue weighted by Crippen LogP contribution is -2.43. The van der Waals surface area contributed by atoms with Gasteiger partial charge in [-0.1, -0.05) is 6.07 Å². The van der Waals surface area contributed by atoms with E-state index in [-0.39, 0.29) is 24.4 Å². The Morgan fingerprint density at radius 3 is 2.63 bits per heavy atom. The average Bonchev–Trinajstić information content (AvgIpc) is 3.48. The fraction of sp³-hybridized carbons (Fsp3) is 0.615. The molecule has 3 aliphatic rings. The summed E-state index contributed by atoms with van der Waals surface area (Å²) in [5, 5.41) is 15.7. The molecule has 5 rings (SSSR count). The van der Waals surface area contributed by atoms with Crippen LogP contribution in [0.3, 0.4) is 0 Å². The van der Waals surface area contributed by atoms with Gasteiger partial charge in [0.25, 0.3) is 0 Å². The molecule has 2 saturated carbocycles. The monoisotopic (exact) mass is 507 g/mol. The molecule has 2 fully saturated rings. The number of aromatic nitrogens is 1. The van der Waals surface area contributed by atoms with Crippen LogP contribution >= 0.6 is 11.3 Å². The molecule has 1 aliphatic heterocycles. The summed E-state index contributed by atoms with van der Waals surface area (Å²) in [7, 11) is 0. The Balaban J connectivity index is 1.13. The third-order valence-corrected chi connectivity index (χ3v) is 9.11. The number of rotatable bonds is 4. The van der Waals surface area contributed by atoms with Gasteiger partial charge in [-0.2, -0.15) is 13.2 Å². The van der Waals surface area contributed by atoms with Crippen LogP contribution in [0.1, 0.15) is 71.5 Å². The summed E-state index contributed by atoms with van der Waals surface area (Å²) in [5.41, 5.74) is 0.0756. The highest BCUT2D eigenvalue weighted by atomic mass is 32.1. The Labute approximate surface area is 207 Å². The molecule has 1 amide bonds. The minimum atomic E-state index is -4.37. The third-order valence-electron chi connectivity index (χ3n) is 8.00. The van der Waals surface area contributed by atoms with Gasteiger partial charge < -0.3 is 15.3 Å². The Bertz CT molecular complexity index is 1080. The van der Waals surface area contributed by atoms with E-state index in [0.717, 1.165) is 53.6 Å². The van der Waals surface area contributed by atoms with Crippen molar-refractivity contribution in [1.82, 2.24) is 15.2 Å². The number of thiazole rings is 1. The predicted molar refractivity (Wildman–Crippen MR) is 128 cm³/mol. The molecular formula is C26H32F3N3O2S. The van der Waals surface area contributed by atoms with Crippen molar-refractivity contribution < 1.29 is 23.1 Å². The van der Waals surface area contributed by atoms with Crippen molar-refractivity contribution in [3.63, 3.8) is 0 Å². The highest BCUT2D eigenvalue weighted by molar-refractivity contribution is 7.11. The van der Waals surface area contributed by atoms with Gasteiger partial charge in [0.05, 0.1) is 15.4 Å². The second-order valence-electron chi connectivity index (χ2n) is 10.4. The minimum absolute atomic E-state index is 0.0657. The van der Waals surface area contributed by atoms with E-state index in [2.05, 4.69) is 10.3 Å². The number of aryl methyl sites for hydroxylation is 1. The van der Waals surface area contributed by atoms with E-state index in [4.69, 9.17) is 0 Å². The third kappa shape index (κ3) is 5.27. The van der Waals surface area contributed by atoms with Crippen molar-refractivity contribution in [3.05, 3.63) is 51.0 Å². The minimum Gasteiger partial charge on any atom is -0.384 e. The van der Waals surface area contributed by atoms with Crippen LogP contribution in [0.15, 0.2) is 24.4 Å². The van der Waals surface area contributed by atoms with E-state index in [1.807, 2.05) is 6.92 Å². The second-order valence-corrected chi connectivity index (χ2v) is 11.6. The lowest BCUT2D eigenvalue weighted by atomic mass is 9.81. The quantitative estimate of drug-likeness (QED) is 0.615. The first kappa shape index (κ1) is 24.7. The Kier molecular flexibility index (Phi) is 6.70. The van der Waals surface area contributed by atoms with E-state index in [1.165, 1.54) is 6.07 Å². The number of nitrogens with zero attached hydrogens (tertiary/aromatic N) is 2. The van der Waals surface area contributed by atoms with Crippen molar-refractivity contribution in [2.75, 3.05) is 6.54 Å². The smallest absolute Gasteiger partial charge is 0.384 e.